The van der Waals surface area contributed by atoms with Crippen LogP contribution in [0.15, 0.2) is 24.3 Å². The second kappa shape index (κ2) is 13.1. The molecule has 232 valence electrons. The number of benzene rings is 1. The van der Waals surface area contributed by atoms with Gasteiger partial charge >= 0.3 is 5.97 Å². The zero-order valence-corrected chi connectivity index (χ0v) is 27.0. The first-order valence-corrected chi connectivity index (χ1v) is 17.1. The molecule has 5 rings (SSSR count). The molecule has 0 saturated heterocycles. The average molecular weight is 620 g/mol. The van der Waals surface area contributed by atoms with Gasteiger partial charge in [-0.2, -0.15) is 0 Å². The van der Waals surface area contributed by atoms with E-state index in [4.69, 9.17) is 27.9 Å². The maximum absolute atomic E-state index is 13.6. The Balaban J connectivity index is 1.26. The molecule has 0 aromatic heterocycles. The number of ether oxygens (including phenoxy) is 1. The fourth-order valence-electron chi connectivity index (χ4n) is 9.50. The molecule has 6 nitrogen and oxygen atoms in total. The van der Waals surface area contributed by atoms with Gasteiger partial charge in [-0.15, -0.1) is 23.2 Å². The molecule has 8 atom stereocenters. The first kappa shape index (κ1) is 31.6. The Morgan fingerprint density at radius 3 is 2.33 bits per heavy atom. The molecule has 0 unspecified atom stereocenters. The normalized spacial score (nSPS) is 34.5. The molecule has 4 saturated carbocycles. The van der Waals surface area contributed by atoms with Crippen molar-refractivity contribution in [2.24, 2.45) is 34.5 Å². The van der Waals surface area contributed by atoms with Gasteiger partial charge < -0.3 is 15.0 Å². The quantitative estimate of drug-likeness (QED) is 0.238. The summed E-state index contributed by atoms with van der Waals surface area (Å²) < 4.78 is 6.33. The van der Waals surface area contributed by atoms with Crippen molar-refractivity contribution in [3.05, 3.63) is 29.8 Å². The van der Waals surface area contributed by atoms with Gasteiger partial charge in [-0.25, -0.2) is 4.79 Å². The fourth-order valence-corrected chi connectivity index (χ4v) is 9.91. The van der Waals surface area contributed by atoms with Crippen molar-refractivity contribution in [2.75, 3.05) is 29.7 Å². The van der Waals surface area contributed by atoms with Crippen LogP contribution in [-0.2, 0) is 25.5 Å². The standard InChI is InChI=1S/C34H48Cl2N2O4/c1-22(39)37-30(20-23-4-7-25(8-5-23)38(18-16-35)19-17-36)32(41)42-31-11-10-28-27-9-6-24-21-26(40)12-14-33(24,2)29(27)13-15-34(28,31)3/h4-5,7-8,24,27-31H,6,9-21H2,1-3H3,(H,37,39)/t24-,27+,28+,29+,30-,31+,33-,34-/m0/s1. The van der Waals surface area contributed by atoms with Crippen LogP contribution >= 0.6 is 23.2 Å². The summed E-state index contributed by atoms with van der Waals surface area (Å²) in [6.45, 7) is 7.67. The summed E-state index contributed by atoms with van der Waals surface area (Å²) in [7, 11) is 0. The highest BCUT2D eigenvalue weighted by molar-refractivity contribution is 6.18. The summed E-state index contributed by atoms with van der Waals surface area (Å²) in [4.78, 5) is 40.1. The van der Waals surface area contributed by atoms with Crippen molar-refractivity contribution < 1.29 is 19.1 Å². The summed E-state index contributed by atoms with van der Waals surface area (Å²) in [6, 6.07) is 7.29. The van der Waals surface area contributed by atoms with Crippen LogP contribution < -0.4 is 10.2 Å². The summed E-state index contributed by atoms with van der Waals surface area (Å²) in [6.07, 6.45) is 9.31. The number of fused-ring (bicyclic) bond motifs is 5. The number of halogens is 2. The van der Waals surface area contributed by atoms with Crippen LogP contribution in [0.4, 0.5) is 5.69 Å². The van der Waals surface area contributed by atoms with E-state index < -0.39 is 6.04 Å². The molecule has 0 heterocycles. The van der Waals surface area contributed by atoms with Crippen molar-refractivity contribution in [2.45, 2.75) is 97.1 Å². The molecular formula is C34H48Cl2N2O4. The molecule has 1 N–H and O–H groups in total. The Kier molecular flexibility index (Phi) is 9.83. The van der Waals surface area contributed by atoms with Crippen LogP contribution in [0.1, 0.15) is 84.1 Å². The number of nitrogens with zero attached hydrogens (tertiary/aromatic N) is 1. The van der Waals surface area contributed by atoms with Crippen LogP contribution in [-0.4, -0.2) is 54.7 Å². The third-order valence-electron chi connectivity index (χ3n) is 11.8. The molecule has 1 amide bonds. The highest BCUT2D eigenvalue weighted by Gasteiger charge is 2.61. The molecule has 4 aliphatic carbocycles. The molecule has 8 heteroatoms. The number of amides is 1. The predicted octanol–water partition coefficient (Wildman–Crippen LogP) is 6.54. The molecular weight excluding hydrogens is 571 g/mol. The number of anilines is 1. The van der Waals surface area contributed by atoms with E-state index in [2.05, 4.69) is 24.1 Å². The molecule has 42 heavy (non-hydrogen) atoms. The largest absolute Gasteiger partial charge is 0.460 e. The molecule has 4 aliphatic rings. The summed E-state index contributed by atoms with van der Waals surface area (Å²) >= 11 is 11.9. The van der Waals surface area contributed by atoms with Crippen LogP contribution in [0.5, 0.6) is 0 Å². The number of esters is 1. The number of nitrogens with one attached hydrogen (secondary N) is 1. The van der Waals surface area contributed by atoms with Gasteiger partial charge in [0.15, 0.2) is 0 Å². The molecule has 0 radical (unpaired) electrons. The number of hydrogen-bond donors (Lipinski definition) is 1. The van der Waals surface area contributed by atoms with Crippen LogP contribution in [0, 0.1) is 34.5 Å². The second-order valence-corrected chi connectivity index (χ2v) is 14.7. The maximum Gasteiger partial charge on any atom is 0.329 e. The smallest absolute Gasteiger partial charge is 0.329 e. The fraction of sp³-hybridized carbons (Fsp3) is 0.735. The van der Waals surface area contributed by atoms with Crippen molar-refractivity contribution in [1.82, 2.24) is 5.32 Å². The Morgan fingerprint density at radius 2 is 1.67 bits per heavy atom. The van der Waals surface area contributed by atoms with Crippen molar-refractivity contribution in [3.8, 4) is 0 Å². The van der Waals surface area contributed by atoms with E-state index in [0.29, 0.717) is 60.7 Å². The molecule has 0 aliphatic heterocycles. The van der Waals surface area contributed by atoms with Crippen molar-refractivity contribution in [3.63, 3.8) is 0 Å². The van der Waals surface area contributed by atoms with Gasteiger partial charge in [0.2, 0.25) is 5.91 Å². The topological polar surface area (TPSA) is 75.7 Å². The van der Waals surface area contributed by atoms with Crippen LogP contribution in [0.3, 0.4) is 0 Å². The Morgan fingerprint density at radius 1 is 0.976 bits per heavy atom. The molecule has 1 aromatic carbocycles. The van der Waals surface area contributed by atoms with Gasteiger partial charge in [0.1, 0.15) is 17.9 Å². The Bertz CT molecular complexity index is 1140. The molecule has 0 spiro atoms. The number of ketones is 1. The lowest BCUT2D eigenvalue weighted by molar-refractivity contribution is -0.167. The Hall–Kier alpha value is -1.79. The van der Waals surface area contributed by atoms with Gasteiger partial charge in [-0.05, 0) is 91.7 Å². The zero-order chi connectivity index (χ0) is 30.1. The number of Topliss-reactive ketones (excluding diaryl/α,β-unsaturated/α-hetero) is 1. The van der Waals surface area contributed by atoms with Gasteiger partial charge in [0.05, 0.1) is 0 Å². The third-order valence-corrected chi connectivity index (χ3v) is 12.1. The van der Waals surface area contributed by atoms with E-state index >= 15 is 0 Å². The molecule has 0 bridgehead atoms. The van der Waals surface area contributed by atoms with E-state index in [9.17, 15) is 14.4 Å². The third kappa shape index (κ3) is 6.22. The lowest BCUT2D eigenvalue weighted by Crippen LogP contribution is -2.54. The highest BCUT2D eigenvalue weighted by Crippen LogP contribution is 2.66. The SMILES string of the molecule is CC(=O)N[C@@H](Cc1ccc(N(CCCl)CCCl)cc1)C(=O)O[C@@H]1CC[C@@H]2[C@H]3CC[C@H]4CC(=O)CC[C@]4(C)[C@@H]3CC[C@@]21C. The van der Waals surface area contributed by atoms with E-state index in [1.54, 1.807) is 0 Å². The van der Waals surface area contributed by atoms with E-state index in [1.165, 1.54) is 13.3 Å². The lowest BCUT2D eigenvalue weighted by Gasteiger charge is -2.60. The minimum atomic E-state index is -0.733. The van der Waals surface area contributed by atoms with Crippen LogP contribution in [0.25, 0.3) is 0 Å². The first-order chi connectivity index (χ1) is 20.1. The first-order valence-electron chi connectivity index (χ1n) is 16.0. The number of rotatable bonds is 10. The second-order valence-electron chi connectivity index (χ2n) is 13.9. The summed E-state index contributed by atoms with van der Waals surface area (Å²) in [5, 5.41) is 2.86. The number of carbonyl (C=O) groups is 3. The van der Waals surface area contributed by atoms with Crippen molar-refractivity contribution in [1.29, 1.82) is 0 Å². The molecule has 1 aromatic rings. The van der Waals surface area contributed by atoms with Gasteiger partial charge in [0.25, 0.3) is 0 Å². The minimum absolute atomic E-state index is 0.0404. The lowest BCUT2D eigenvalue weighted by atomic mass is 9.45. The van der Waals surface area contributed by atoms with Crippen LogP contribution in [0.2, 0.25) is 0 Å². The van der Waals surface area contributed by atoms with E-state index in [1.807, 2.05) is 24.3 Å². The minimum Gasteiger partial charge on any atom is -0.460 e. The molecule has 4 fully saturated rings. The van der Waals surface area contributed by atoms with Gasteiger partial charge in [0, 0.05) is 62.1 Å². The zero-order valence-electron chi connectivity index (χ0n) is 25.5. The maximum atomic E-state index is 13.6. The van der Waals surface area contributed by atoms with Gasteiger partial charge in [-0.1, -0.05) is 26.0 Å². The average Bonchev–Trinajstić information content (AvgIpc) is 3.29. The monoisotopic (exact) mass is 618 g/mol. The summed E-state index contributed by atoms with van der Waals surface area (Å²) in [5.74, 6) is 3.29. The summed E-state index contributed by atoms with van der Waals surface area (Å²) in [5.41, 5.74) is 2.21. The highest BCUT2D eigenvalue weighted by atomic mass is 35.5. The predicted molar refractivity (Wildman–Crippen MR) is 168 cm³/mol. The van der Waals surface area contributed by atoms with Crippen molar-refractivity contribution >= 4 is 46.5 Å². The van der Waals surface area contributed by atoms with E-state index in [0.717, 1.165) is 62.6 Å². The number of carbonyl (C=O) groups excluding carboxylic acids is 3. The number of hydrogen-bond acceptors (Lipinski definition) is 5. The van der Waals surface area contributed by atoms with Gasteiger partial charge in [-0.3, -0.25) is 9.59 Å². The van der Waals surface area contributed by atoms with E-state index in [-0.39, 0.29) is 28.8 Å². The number of alkyl halides is 2. The Labute approximate surface area is 261 Å².